The third kappa shape index (κ3) is 3.32. The summed E-state index contributed by atoms with van der Waals surface area (Å²) in [6.07, 6.45) is 0.165. The van der Waals surface area contributed by atoms with E-state index in [4.69, 9.17) is 0 Å². The van der Waals surface area contributed by atoms with Crippen molar-refractivity contribution >= 4 is 37.1 Å². The van der Waals surface area contributed by atoms with Crippen LogP contribution in [0, 0.1) is 0 Å². The van der Waals surface area contributed by atoms with E-state index in [1.165, 1.54) is 41.3 Å². The molecule has 0 aromatic heterocycles. The number of hydrogen-bond acceptors (Lipinski definition) is 5. The number of sulfone groups is 1. The first-order chi connectivity index (χ1) is 12.1. The molecule has 0 saturated heterocycles. The van der Waals surface area contributed by atoms with Crippen molar-refractivity contribution in [1.82, 2.24) is 0 Å². The van der Waals surface area contributed by atoms with Gasteiger partial charge in [0.25, 0.3) is 10.0 Å². The van der Waals surface area contributed by atoms with Crippen LogP contribution < -0.4 is 9.62 Å². The van der Waals surface area contributed by atoms with Crippen molar-refractivity contribution in [2.45, 2.75) is 23.1 Å². The number of fused-ring (bicyclic) bond motifs is 1. The predicted molar refractivity (Wildman–Crippen MR) is 98.5 cm³/mol. The minimum absolute atomic E-state index is 0.0274. The van der Waals surface area contributed by atoms with E-state index in [-0.39, 0.29) is 33.6 Å². The third-order valence-corrected chi connectivity index (χ3v) is 7.41. The van der Waals surface area contributed by atoms with Crippen LogP contribution >= 0.6 is 0 Å². The maximum atomic E-state index is 12.6. The molecule has 138 valence electrons. The van der Waals surface area contributed by atoms with Crippen LogP contribution in [0.2, 0.25) is 0 Å². The zero-order valence-electron chi connectivity index (χ0n) is 14.3. The number of rotatable bonds is 5. The quantitative estimate of drug-likeness (QED) is 0.833. The monoisotopic (exact) mass is 394 g/mol. The lowest BCUT2D eigenvalue weighted by Crippen LogP contribution is -2.20. The van der Waals surface area contributed by atoms with E-state index in [2.05, 4.69) is 4.72 Å². The van der Waals surface area contributed by atoms with Gasteiger partial charge >= 0.3 is 0 Å². The van der Waals surface area contributed by atoms with Crippen LogP contribution in [0.3, 0.4) is 0 Å². The summed E-state index contributed by atoms with van der Waals surface area (Å²) >= 11 is 0. The molecule has 1 amide bonds. The minimum Gasteiger partial charge on any atom is -0.315 e. The first-order valence-corrected chi connectivity index (χ1v) is 11.0. The highest BCUT2D eigenvalue weighted by molar-refractivity contribution is 7.92. The zero-order chi connectivity index (χ0) is 19.1. The van der Waals surface area contributed by atoms with E-state index in [0.717, 1.165) is 0 Å². The molecule has 0 radical (unpaired) electrons. The Morgan fingerprint density at radius 1 is 1.00 bits per heavy atom. The Hall–Kier alpha value is -2.39. The van der Waals surface area contributed by atoms with Crippen LogP contribution in [-0.4, -0.2) is 35.5 Å². The number of nitrogens with one attached hydrogen (secondary N) is 1. The largest absolute Gasteiger partial charge is 0.315 e. The topological polar surface area (TPSA) is 101 Å². The second-order valence-corrected chi connectivity index (χ2v) is 9.91. The first kappa shape index (κ1) is 18.4. The second-order valence-electron chi connectivity index (χ2n) is 5.95. The van der Waals surface area contributed by atoms with Gasteiger partial charge in [-0.05, 0) is 48.0 Å². The van der Waals surface area contributed by atoms with E-state index >= 15 is 0 Å². The van der Waals surface area contributed by atoms with Crippen LogP contribution in [0.15, 0.2) is 52.3 Å². The number of hydrogen-bond donors (Lipinski definition) is 1. The Kier molecular flexibility index (Phi) is 4.53. The molecule has 1 aliphatic heterocycles. The summed E-state index contributed by atoms with van der Waals surface area (Å²) in [4.78, 5) is 13.4. The summed E-state index contributed by atoms with van der Waals surface area (Å²) in [7, 11) is -5.55. The Morgan fingerprint density at radius 3 is 2.23 bits per heavy atom. The molecule has 7 nitrogen and oxygen atoms in total. The molecule has 0 spiro atoms. The van der Waals surface area contributed by atoms with Crippen LogP contribution in [0.4, 0.5) is 11.4 Å². The molecule has 0 bridgehead atoms. The van der Waals surface area contributed by atoms with Crippen molar-refractivity contribution in [3.63, 3.8) is 0 Å². The number of likely N-dealkylation sites (N-methyl/N-ethyl adjacent to an activating group) is 1. The Balaban J connectivity index is 1.86. The Morgan fingerprint density at radius 2 is 1.62 bits per heavy atom. The minimum atomic E-state index is -3.85. The molecule has 9 heteroatoms. The highest BCUT2D eigenvalue weighted by Crippen LogP contribution is 2.30. The summed E-state index contributed by atoms with van der Waals surface area (Å²) in [5.41, 5.74) is 1.61. The van der Waals surface area contributed by atoms with Crippen molar-refractivity contribution in [2.75, 3.05) is 22.4 Å². The predicted octanol–water partition coefficient (Wildman–Crippen LogP) is 1.80. The van der Waals surface area contributed by atoms with Crippen molar-refractivity contribution in [3.05, 3.63) is 48.0 Å². The number of anilines is 2. The number of carbonyl (C=O) groups excluding carboxylic acids is 1. The average molecular weight is 394 g/mol. The van der Waals surface area contributed by atoms with Crippen LogP contribution in [0.5, 0.6) is 0 Å². The smallest absolute Gasteiger partial charge is 0.261 e. The van der Waals surface area contributed by atoms with E-state index in [1.807, 2.05) is 0 Å². The van der Waals surface area contributed by atoms with Crippen molar-refractivity contribution in [1.29, 1.82) is 0 Å². The normalized spacial score (nSPS) is 14.4. The number of carbonyl (C=O) groups is 1. The number of benzene rings is 2. The van der Waals surface area contributed by atoms with Gasteiger partial charge in [0.1, 0.15) is 0 Å². The molecule has 0 fully saturated rings. The lowest BCUT2D eigenvalue weighted by atomic mass is 10.2. The van der Waals surface area contributed by atoms with Crippen molar-refractivity contribution in [2.24, 2.45) is 0 Å². The molecule has 0 atom stereocenters. The molecule has 0 unspecified atom stereocenters. The fraction of sp³-hybridized carbons (Fsp3) is 0.235. The van der Waals surface area contributed by atoms with E-state index in [9.17, 15) is 21.6 Å². The Labute approximate surface area is 152 Å². The van der Waals surface area contributed by atoms with Crippen LogP contribution in [0.25, 0.3) is 0 Å². The van der Waals surface area contributed by atoms with Crippen molar-refractivity contribution < 1.29 is 21.6 Å². The number of sulfonamides is 1. The molecule has 1 N–H and O–H groups in total. The van der Waals surface area contributed by atoms with Gasteiger partial charge in [-0.3, -0.25) is 9.52 Å². The lowest BCUT2D eigenvalue weighted by molar-refractivity contribution is -0.117. The number of amides is 1. The SMILES string of the molecule is CCS(=O)(=O)c1ccc(NS(=O)(=O)c2ccc3c(c2)CC(=O)N3C)cc1. The second kappa shape index (κ2) is 6.40. The molecular formula is C17H18N2O5S2. The van der Waals surface area contributed by atoms with Gasteiger partial charge in [-0.2, -0.15) is 0 Å². The highest BCUT2D eigenvalue weighted by atomic mass is 32.2. The molecule has 0 saturated carbocycles. The average Bonchev–Trinajstić information content (AvgIpc) is 2.89. The zero-order valence-corrected chi connectivity index (χ0v) is 15.9. The Bertz CT molecular complexity index is 1070. The summed E-state index contributed by atoms with van der Waals surface area (Å²) in [6, 6.07) is 10.1. The third-order valence-electron chi connectivity index (χ3n) is 4.28. The molecule has 1 aliphatic rings. The highest BCUT2D eigenvalue weighted by Gasteiger charge is 2.26. The van der Waals surface area contributed by atoms with Gasteiger partial charge in [-0.1, -0.05) is 6.92 Å². The maximum absolute atomic E-state index is 12.6. The summed E-state index contributed by atoms with van der Waals surface area (Å²) in [5.74, 6) is -0.115. The summed E-state index contributed by atoms with van der Waals surface area (Å²) < 4.78 is 51.2. The van der Waals surface area contributed by atoms with E-state index < -0.39 is 19.9 Å². The van der Waals surface area contributed by atoms with Crippen LogP contribution in [0.1, 0.15) is 12.5 Å². The molecule has 0 aliphatic carbocycles. The molecule has 2 aromatic rings. The standard InChI is InChI=1S/C17H18N2O5S2/c1-3-25(21,22)14-6-4-13(5-7-14)18-26(23,24)15-8-9-16-12(10-15)11-17(20)19(16)2/h4-10,18H,3,11H2,1-2H3. The number of nitrogens with zero attached hydrogens (tertiary/aromatic N) is 1. The summed E-state index contributed by atoms with van der Waals surface area (Å²) in [5, 5.41) is 0. The molecular weight excluding hydrogens is 376 g/mol. The maximum Gasteiger partial charge on any atom is 0.261 e. The van der Waals surface area contributed by atoms with E-state index in [0.29, 0.717) is 11.3 Å². The van der Waals surface area contributed by atoms with Crippen LogP contribution in [-0.2, 0) is 31.1 Å². The van der Waals surface area contributed by atoms with Gasteiger partial charge in [0.05, 0.1) is 22.0 Å². The van der Waals surface area contributed by atoms with Gasteiger partial charge < -0.3 is 4.90 Å². The molecule has 26 heavy (non-hydrogen) atoms. The molecule has 3 rings (SSSR count). The molecule has 1 heterocycles. The summed E-state index contributed by atoms with van der Waals surface area (Å²) in [6.45, 7) is 1.54. The van der Waals surface area contributed by atoms with E-state index in [1.54, 1.807) is 20.0 Å². The van der Waals surface area contributed by atoms with Gasteiger partial charge in [0, 0.05) is 18.4 Å². The van der Waals surface area contributed by atoms with Gasteiger partial charge in [-0.25, -0.2) is 16.8 Å². The van der Waals surface area contributed by atoms with Gasteiger partial charge in [-0.15, -0.1) is 0 Å². The lowest BCUT2D eigenvalue weighted by Gasteiger charge is -2.12. The van der Waals surface area contributed by atoms with Crippen molar-refractivity contribution in [3.8, 4) is 0 Å². The first-order valence-electron chi connectivity index (χ1n) is 7.89. The molecule has 2 aromatic carbocycles. The fourth-order valence-electron chi connectivity index (χ4n) is 2.72. The van der Waals surface area contributed by atoms with Gasteiger partial charge in [0.2, 0.25) is 5.91 Å². The fourth-order valence-corrected chi connectivity index (χ4v) is 4.72. The van der Waals surface area contributed by atoms with Gasteiger partial charge in [0.15, 0.2) is 9.84 Å².